The number of piperidine rings is 1. The van der Waals surface area contributed by atoms with Gasteiger partial charge in [0.05, 0.1) is 12.1 Å². The van der Waals surface area contributed by atoms with Gasteiger partial charge in [0, 0.05) is 17.5 Å². The van der Waals surface area contributed by atoms with E-state index in [0.29, 0.717) is 22.8 Å². The van der Waals surface area contributed by atoms with Gasteiger partial charge in [0.2, 0.25) is 17.6 Å². The highest BCUT2D eigenvalue weighted by Gasteiger charge is 2.40. The topological polar surface area (TPSA) is 94.6 Å². The summed E-state index contributed by atoms with van der Waals surface area (Å²) in [7, 11) is 3.79. The summed E-state index contributed by atoms with van der Waals surface area (Å²) in [5.41, 5.74) is 0.667. The third kappa shape index (κ3) is 5.82. The van der Waals surface area contributed by atoms with E-state index in [2.05, 4.69) is 27.6 Å². The zero-order valence-electron chi connectivity index (χ0n) is 21.0. The molecular formula is C26H34FN5O3S. The Morgan fingerprint density at radius 2 is 1.81 bits per heavy atom. The number of carbonyl (C=O) groups excluding carboxylic acids is 3. The van der Waals surface area contributed by atoms with E-state index in [-0.39, 0.29) is 29.6 Å². The van der Waals surface area contributed by atoms with Crippen molar-refractivity contribution in [1.82, 2.24) is 25.4 Å². The monoisotopic (exact) mass is 515 g/mol. The van der Waals surface area contributed by atoms with Crippen molar-refractivity contribution in [3.8, 4) is 0 Å². The van der Waals surface area contributed by atoms with Gasteiger partial charge in [-0.3, -0.25) is 14.4 Å². The number of aromatic nitrogens is 1. The molecule has 1 aromatic carbocycles. The quantitative estimate of drug-likeness (QED) is 0.525. The predicted octanol–water partition coefficient (Wildman–Crippen LogP) is 2.61. The van der Waals surface area contributed by atoms with E-state index >= 15 is 0 Å². The number of likely N-dealkylation sites (N-methyl/N-ethyl adjacent to an activating group) is 1. The predicted molar refractivity (Wildman–Crippen MR) is 136 cm³/mol. The van der Waals surface area contributed by atoms with E-state index in [4.69, 9.17) is 0 Å². The van der Waals surface area contributed by atoms with Crippen LogP contribution in [-0.2, 0) is 9.59 Å². The first-order valence-corrected chi connectivity index (χ1v) is 13.4. The van der Waals surface area contributed by atoms with Gasteiger partial charge in [0.25, 0.3) is 0 Å². The SMILES string of the molecule is CN[C@@H](C)C(=O)N[C@H](C(=O)N1CCC[C@H]1c1nc(C(=O)c2ccc(F)cc2)cs1)C1CCN(C)CC1. The molecule has 0 bridgehead atoms. The van der Waals surface area contributed by atoms with E-state index in [9.17, 15) is 18.8 Å². The maximum absolute atomic E-state index is 13.9. The van der Waals surface area contributed by atoms with E-state index in [1.165, 1.54) is 35.6 Å². The molecule has 3 atom stereocenters. The molecule has 0 aliphatic carbocycles. The van der Waals surface area contributed by atoms with Gasteiger partial charge in [-0.1, -0.05) is 0 Å². The molecule has 2 aliphatic heterocycles. The molecule has 2 saturated heterocycles. The number of thiazole rings is 1. The molecule has 3 heterocycles. The maximum Gasteiger partial charge on any atom is 0.246 e. The van der Waals surface area contributed by atoms with Crippen LogP contribution in [0.4, 0.5) is 4.39 Å². The number of likely N-dealkylation sites (tertiary alicyclic amines) is 2. The van der Waals surface area contributed by atoms with Crippen LogP contribution in [-0.4, -0.2) is 78.2 Å². The molecule has 2 aromatic rings. The van der Waals surface area contributed by atoms with Crippen LogP contribution in [0.15, 0.2) is 29.6 Å². The molecular weight excluding hydrogens is 481 g/mol. The number of ketones is 1. The molecule has 10 heteroatoms. The largest absolute Gasteiger partial charge is 0.343 e. The van der Waals surface area contributed by atoms with Crippen molar-refractivity contribution < 1.29 is 18.8 Å². The molecule has 2 fully saturated rings. The van der Waals surface area contributed by atoms with Crippen LogP contribution in [0.5, 0.6) is 0 Å². The second-order valence-electron chi connectivity index (χ2n) is 9.73. The van der Waals surface area contributed by atoms with Crippen molar-refractivity contribution in [2.75, 3.05) is 33.7 Å². The number of benzene rings is 1. The molecule has 1 aromatic heterocycles. The number of hydrogen-bond donors (Lipinski definition) is 2. The molecule has 0 radical (unpaired) electrons. The Bertz CT molecular complexity index is 1080. The Morgan fingerprint density at radius 1 is 1.11 bits per heavy atom. The molecule has 0 unspecified atom stereocenters. The highest BCUT2D eigenvalue weighted by molar-refractivity contribution is 7.10. The van der Waals surface area contributed by atoms with E-state index in [0.717, 1.165) is 38.8 Å². The third-order valence-corrected chi connectivity index (χ3v) is 8.25. The van der Waals surface area contributed by atoms with Crippen LogP contribution in [0.2, 0.25) is 0 Å². The Morgan fingerprint density at radius 3 is 2.47 bits per heavy atom. The molecule has 0 spiro atoms. The highest BCUT2D eigenvalue weighted by atomic mass is 32.1. The number of rotatable bonds is 8. The smallest absolute Gasteiger partial charge is 0.246 e. The highest BCUT2D eigenvalue weighted by Crippen LogP contribution is 2.36. The fourth-order valence-electron chi connectivity index (χ4n) is 4.91. The van der Waals surface area contributed by atoms with Crippen LogP contribution in [0.25, 0.3) is 0 Å². The summed E-state index contributed by atoms with van der Waals surface area (Å²) in [6.07, 6.45) is 3.27. The normalized spacial score (nSPS) is 20.8. The zero-order valence-corrected chi connectivity index (χ0v) is 21.8. The Balaban J connectivity index is 1.53. The fraction of sp³-hybridized carbons (Fsp3) is 0.538. The van der Waals surface area contributed by atoms with Crippen LogP contribution in [0.1, 0.15) is 59.7 Å². The van der Waals surface area contributed by atoms with E-state index < -0.39 is 17.9 Å². The minimum absolute atomic E-state index is 0.0647. The average Bonchev–Trinajstić information content (AvgIpc) is 3.57. The number of halogens is 1. The Kier molecular flexibility index (Phi) is 8.48. The van der Waals surface area contributed by atoms with E-state index in [1.54, 1.807) is 19.4 Å². The van der Waals surface area contributed by atoms with Gasteiger partial charge in [0.15, 0.2) is 0 Å². The van der Waals surface area contributed by atoms with Gasteiger partial charge < -0.3 is 20.4 Å². The second kappa shape index (κ2) is 11.6. The molecule has 8 nitrogen and oxygen atoms in total. The molecule has 4 rings (SSSR count). The first-order valence-electron chi connectivity index (χ1n) is 12.5. The first-order chi connectivity index (χ1) is 17.3. The summed E-state index contributed by atoms with van der Waals surface area (Å²) in [5, 5.41) is 8.40. The van der Waals surface area contributed by atoms with Crippen molar-refractivity contribution in [2.24, 2.45) is 5.92 Å². The lowest BCUT2D eigenvalue weighted by atomic mass is 9.88. The number of nitrogens with zero attached hydrogens (tertiary/aromatic N) is 3. The summed E-state index contributed by atoms with van der Waals surface area (Å²) in [6.45, 7) is 4.14. The summed E-state index contributed by atoms with van der Waals surface area (Å²) in [6, 6.07) is 4.17. The van der Waals surface area contributed by atoms with Crippen LogP contribution in [0, 0.1) is 11.7 Å². The van der Waals surface area contributed by atoms with Crippen molar-refractivity contribution in [1.29, 1.82) is 0 Å². The summed E-state index contributed by atoms with van der Waals surface area (Å²) >= 11 is 1.36. The second-order valence-corrected chi connectivity index (χ2v) is 10.6. The molecule has 194 valence electrons. The van der Waals surface area contributed by atoms with Gasteiger partial charge >= 0.3 is 0 Å². The summed E-state index contributed by atoms with van der Waals surface area (Å²) in [4.78, 5) is 48.2. The third-order valence-electron chi connectivity index (χ3n) is 7.31. The summed E-state index contributed by atoms with van der Waals surface area (Å²) < 4.78 is 13.2. The lowest BCUT2D eigenvalue weighted by Gasteiger charge is -2.37. The zero-order chi connectivity index (χ0) is 25.8. The molecule has 0 saturated carbocycles. The van der Waals surface area contributed by atoms with Crippen molar-refractivity contribution in [3.05, 3.63) is 51.7 Å². The number of hydrogen-bond acceptors (Lipinski definition) is 7. The lowest BCUT2D eigenvalue weighted by molar-refractivity contribution is -0.139. The fourth-order valence-corrected chi connectivity index (χ4v) is 5.86. The lowest BCUT2D eigenvalue weighted by Crippen LogP contribution is -2.56. The number of amides is 2. The Labute approximate surface area is 215 Å². The summed E-state index contributed by atoms with van der Waals surface area (Å²) in [5.74, 6) is -0.876. The van der Waals surface area contributed by atoms with Crippen molar-refractivity contribution in [3.63, 3.8) is 0 Å². The van der Waals surface area contributed by atoms with Crippen molar-refractivity contribution in [2.45, 2.75) is 50.7 Å². The van der Waals surface area contributed by atoms with Crippen LogP contribution >= 0.6 is 11.3 Å². The minimum Gasteiger partial charge on any atom is -0.343 e. The average molecular weight is 516 g/mol. The first kappa shape index (κ1) is 26.4. The van der Waals surface area contributed by atoms with Gasteiger partial charge in [-0.2, -0.15) is 0 Å². The Hall–Kier alpha value is -2.69. The standard InChI is InChI=1S/C26H34FN5O3S/c1-16(28-2)24(34)30-22(17-10-13-31(3)14-11-17)26(35)32-12-4-5-21(32)25-29-20(15-36-25)23(33)18-6-8-19(27)9-7-18/h6-9,15-17,21-22,28H,4-5,10-14H2,1-3H3,(H,30,34)/t16-,21-,22-/m0/s1. The molecule has 2 aliphatic rings. The maximum atomic E-state index is 13.9. The number of nitrogens with one attached hydrogen (secondary N) is 2. The van der Waals surface area contributed by atoms with E-state index in [1.807, 2.05) is 4.90 Å². The van der Waals surface area contributed by atoms with Gasteiger partial charge in [-0.15, -0.1) is 11.3 Å². The van der Waals surface area contributed by atoms with Crippen LogP contribution in [0.3, 0.4) is 0 Å². The van der Waals surface area contributed by atoms with Gasteiger partial charge in [0.1, 0.15) is 22.6 Å². The number of carbonyl (C=O) groups is 3. The van der Waals surface area contributed by atoms with Crippen molar-refractivity contribution >= 4 is 28.9 Å². The minimum atomic E-state index is -0.595. The molecule has 2 N–H and O–H groups in total. The molecule has 36 heavy (non-hydrogen) atoms. The molecule has 2 amide bonds. The van der Waals surface area contributed by atoms with Gasteiger partial charge in [-0.05, 0) is 90.0 Å². The van der Waals surface area contributed by atoms with Crippen LogP contribution < -0.4 is 10.6 Å². The van der Waals surface area contributed by atoms with Gasteiger partial charge in [-0.25, -0.2) is 9.37 Å².